The SMILES string of the molecule is OC1Nc2ccccc2-c2c1c1cc(-c3ccc4c(c3)c3ccccc3n4-c3ccccc3)ccc1n2-c1ccccc1. The topological polar surface area (TPSA) is 42.1 Å². The van der Waals surface area contributed by atoms with Crippen LogP contribution in [0.4, 0.5) is 5.69 Å². The number of anilines is 1. The van der Waals surface area contributed by atoms with Crippen molar-refractivity contribution in [1.82, 2.24) is 9.13 Å². The smallest absolute Gasteiger partial charge is 0.153 e. The predicted octanol–water partition coefficient (Wildman–Crippen LogP) is 9.48. The highest BCUT2D eigenvalue weighted by atomic mass is 16.3. The number of rotatable bonds is 3. The van der Waals surface area contributed by atoms with Gasteiger partial charge in [0.15, 0.2) is 6.23 Å². The zero-order valence-electron chi connectivity index (χ0n) is 23.3. The number of fused-ring (bicyclic) bond motifs is 8. The van der Waals surface area contributed by atoms with Gasteiger partial charge in [-0.05, 0) is 71.8 Å². The zero-order chi connectivity index (χ0) is 28.5. The van der Waals surface area contributed by atoms with Gasteiger partial charge in [-0.1, -0.05) is 84.9 Å². The minimum Gasteiger partial charge on any atom is -0.369 e. The molecular weight excluding hydrogens is 526 g/mol. The predicted molar refractivity (Wildman–Crippen MR) is 177 cm³/mol. The summed E-state index contributed by atoms with van der Waals surface area (Å²) < 4.78 is 4.63. The van der Waals surface area contributed by atoms with Gasteiger partial charge in [-0.2, -0.15) is 0 Å². The van der Waals surface area contributed by atoms with E-state index < -0.39 is 6.23 Å². The quantitative estimate of drug-likeness (QED) is 0.229. The van der Waals surface area contributed by atoms with E-state index in [0.717, 1.165) is 55.9 Å². The molecule has 0 saturated carbocycles. The van der Waals surface area contributed by atoms with E-state index >= 15 is 0 Å². The van der Waals surface area contributed by atoms with Crippen LogP contribution >= 0.6 is 0 Å². The number of aliphatic hydroxyl groups excluding tert-OH is 1. The number of aliphatic hydroxyl groups is 1. The first-order chi connectivity index (χ1) is 21.3. The summed E-state index contributed by atoms with van der Waals surface area (Å²) in [6, 6.07) is 51.2. The van der Waals surface area contributed by atoms with Gasteiger partial charge in [-0.15, -0.1) is 0 Å². The van der Waals surface area contributed by atoms with Gasteiger partial charge in [0, 0.05) is 44.3 Å². The van der Waals surface area contributed by atoms with Crippen LogP contribution in [0.2, 0.25) is 0 Å². The number of nitrogens with one attached hydrogen (secondary N) is 1. The number of aromatic nitrogens is 2. The molecule has 8 aromatic rings. The van der Waals surface area contributed by atoms with Crippen LogP contribution in [0.15, 0.2) is 146 Å². The van der Waals surface area contributed by atoms with Crippen LogP contribution in [0.3, 0.4) is 0 Å². The molecule has 3 heterocycles. The Labute approximate surface area is 248 Å². The third kappa shape index (κ3) is 3.54. The number of para-hydroxylation sites is 4. The summed E-state index contributed by atoms with van der Waals surface area (Å²) >= 11 is 0. The summed E-state index contributed by atoms with van der Waals surface area (Å²) in [5.74, 6) is 0. The third-order valence-corrected chi connectivity index (χ3v) is 8.79. The molecule has 1 unspecified atom stereocenters. The lowest BCUT2D eigenvalue weighted by Crippen LogP contribution is -2.16. The molecule has 0 saturated heterocycles. The van der Waals surface area contributed by atoms with Gasteiger partial charge in [-0.3, -0.25) is 0 Å². The molecule has 1 aliphatic heterocycles. The Balaban J connectivity index is 1.29. The van der Waals surface area contributed by atoms with Gasteiger partial charge in [0.1, 0.15) is 0 Å². The van der Waals surface area contributed by atoms with Gasteiger partial charge in [0.2, 0.25) is 0 Å². The van der Waals surface area contributed by atoms with Crippen molar-refractivity contribution >= 4 is 38.4 Å². The molecule has 2 N–H and O–H groups in total. The van der Waals surface area contributed by atoms with Gasteiger partial charge < -0.3 is 19.6 Å². The summed E-state index contributed by atoms with van der Waals surface area (Å²) in [5.41, 5.74) is 11.9. The lowest BCUT2D eigenvalue weighted by atomic mass is 9.96. The van der Waals surface area contributed by atoms with Gasteiger partial charge in [0.25, 0.3) is 0 Å². The Kier molecular flexibility index (Phi) is 5.16. The van der Waals surface area contributed by atoms with Crippen LogP contribution in [0.1, 0.15) is 11.8 Å². The van der Waals surface area contributed by atoms with Crippen molar-refractivity contribution in [2.45, 2.75) is 6.23 Å². The fraction of sp³-hybridized carbons (Fsp3) is 0.0256. The van der Waals surface area contributed by atoms with Gasteiger partial charge in [-0.25, -0.2) is 0 Å². The zero-order valence-corrected chi connectivity index (χ0v) is 23.3. The van der Waals surface area contributed by atoms with Crippen molar-refractivity contribution in [3.63, 3.8) is 0 Å². The van der Waals surface area contributed by atoms with E-state index in [2.05, 4.69) is 142 Å². The molecule has 1 atom stereocenters. The molecule has 43 heavy (non-hydrogen) atoms. The van der Waals surface area contributed by atoms with Crippen molar-refractivity contribution in [1.29, 1.82) is 0 Å². The monoisotopic (exact) mass is 553 g/mol. The normalized spacial score (nSPS) is 14.1. The summed E-state index contributed by atoms with van der Waals surface area (Å²) in [4.78, 5) is 0. The van der Waals surface area contributed by atoms with Crippen LogP contribution < -0.4 is 5.32 Å². The van der Waals surface area contributed by atoms with Crippen LogP contribution in [0.25, 0.3) is 66.5 Å². The molecule has 2 aromatic heterocycles. The second-order valence-electron chi connectivity index (χ2n) is 11.2. The molecule has 6 aromatic carbocycles. The lowest BCUT2D eigenvalue weighted by Gasteiger charge is -2.25. The second-order valence-corrected chi connectivity index (χ2v) is 11.2. The molecular formula is C39H27N3O. The Bertz CT molecular complexity index is 2330. The molecule has 0 bridgehead atoms. The molecule has 4 heteroatoms. The van der Waals surface area contributed by atoms with Crippen LogP contribution in [0.5, 0.6) is 0 Å². The van der Waals surface area contributed by atoms with Crippen LogP contribution in [0, 0.1) is 0 Å². The maximum absolute atomic E-state index is 11.5. The fourth-order valence-corrected chi connectivity index (χ4v) is 6.93. The highest BCUT2D eigenvalue weighted by molar-refractivity contribution is 6.11. The minimum absolute atomic E-state index is 0.820. The molecule has 204 valence electrons. The molecule has 0 radical (unpaired) electrons. The van der Waals surface area contributed by atoms with Crippen LogP contribution in [-0.4, -0.2) is 14.2 Å². The van der Waals surface area contributed by atoms with E-state index in [1.807, 2.05) is 18.2 Å². The maximum atomic E-state index is 11.5. The fourth-order valence-electron chi connectivity index (χ4n) is 6.93. The minimum atomic E-state index is -0.820. The first-order valence-electron chi connectivity index (χ1n) is 14.6. The lowest BCUT2D eigenvalue weighted by molar-refractivity contribution is 0.209. The summed E-state index contributed by atoms with van der Waals surface area (Å²) in [7, 11) is 0. The van der Waals surface area contributed by atoms with E-state index in [9.17, 15) is 5.11 Å². The molecule has 1 aliphatic rings. The number of benzene rings is 6. The largest absolute Gasteiger partial charge is 0.369 e. The number of hydrogen-bond acceptors (Lipinski definition) is 2. The third-order valence-electron chi connectivity index (χ3n) is 8.79. The first-order valence-corrected chi connectivity index (χ1v) is 14.6. The van der Waals surface area contributed by atoms with Gasteiger partial charge in [0.05, 0.1) is 22.2 Å². The highest BCUT2D eigenvalue weighted by Gasteiger charge is 2.30. The van der Waals surface area contributed by atoms with E-state index in [4.69, 9.17) is 0 Å². The summed E-state index contributed by atoms with van der Waals surface area (Å²) in [6.07, 6.45) is -0.820. The van der Waals surface area contributed by atoms with E-state index in [1.165, 1.54) is 21.8 Å². The van der Waals surface area contributed by atoms with Crippen LogP contribution in [-0.2, 0) is 0 Å². The van der Waals surface area contributed by atoms with Gasteiger partial charge >= 0.3 is 0 Å². The molecule has 9 rings (SSSR count). The number of hydrogen-bond donors (Lipinski definition) is 2. The molecule has 0 fully saturated rings. The molecule has 4 nitrogen and oxygen atoms in total. The average Bonchev–Trinajstić information content (AvgIpc) is 3.59. The Morgan fingerprint density at radius 3 is 1.79 bits per heavy atom. The summed E-state index contributed by atoms with van der Waals surface area (Å²) in [5, 5.41) is 18.3. The highest BCUT2D eigenvalue weighted by Crippen LogP contribution is 2.47. The first kappa shape index (κ1) is 24.1. The Morgan fingerprint density at radius 2 is 1.05 bits per heavy atom. The van der Waals surface area contributed by atoms with Crippen molar-refractivity contribution in [3.8, 4) is 33.8 Å². The van der Waals surface area contributed by atoms with Crippen molar-refractivity contribution < 1.29 is 5.11 Å². The molecule has 0 aliphatic carbocycles. The molecule has 0 amide bonds. The average molecular weight is 554 g/mol. The van der Waals surface area contributed by atoms with E-state index in [1.54, 1.807) is 0 Å². The van der Waals surface area contributed by atoms with E-state index in [-0.39, 0.29) is 0 Å². The maximum Gasteiger partial charge on any atom is 0.153 e. The van der Waals surface area contributed by atoms with E-state index in [0.29, 0.717) is 0 Å². The standard InChI is InChI=1S/C39H27N3O/c43-39-37-32-24-26(20-22-36(32)42(28-13-5-2-6-14-28)38(37)30-16-7-9-17-33(30)40-39)25-19-21-35-31(23-25)29-15-8-10-18-34(29)41(35)27-11-3-1-4-12-27/h1-24,39-40,43H. The molecule has 0 spiro atoms. The number of nitrogens with zero attached hydrogens (tertiary/aromatic N) is 2. The second kappa shape index (κ2) is 9.21. The Hall–Kier alpha value is -5.58. The Morgan fingerprint density at radius 1 is 0.488 bits per heavy atom. The van der Waals surface area contributed by atoms with Crippen molar-refractivity contribution in [3.05, 3.63) is 151 Å². The van der Waals surface area contributed by atoms with Crippen molar-refractivity contribution in [2.75, 3.05) is 5.32 Å². The summed E-state index contributed by atoms with van der Waals surface area (Å²) in [6.45, 7) is 0. The van der Waals surface area contributed by atoms with Crippen molar-refractivity contribution in [2.24, 2.45) is 0 Å².